The molecule has 1 heterocycles. The van der Waals surface area contributed by atoms with Gasteiger partial charge in [0.2, 0.25) is 21.8 Å². The number of carbonyl (C=O) groups is 2. The van der Waals surface area contributed by atoms with E-state index in [1.54, 1.807) is 25.1 Å². The van der Waals surface area contributed by atoms with Crippen molar-refractivity contribution in [3.63, 3.8) is 0 Å². The highest BCUT2D eigenvalue weighted by Crippen LogP contribution is 2.38. The van der Waals surface area contributed by atoms with Crippen LogP contribution in [0.5, 0.6) is 11.5 Å². The molecule has 9 nitrogen and oxygen atoms in total. The second-order valence-corrected chi connectivity index (χ2v) is 11.1. The molecule has 1 saturated heterocycles. The average molecular weight is 482 g/mol. The van der Waals surface area contributed by atoms with Crippen LogP contribution in [0.4, 0.5) is 5.69 Å². The molecule has 2 amide bonds. The minimum atomic E-state index is -3.68. The highest BCUT2D eigenvalue weighted by atomic mass is 32.2. The van der Waals surface area contributed by atoms with Crippen molar-refractivity contribution in [1.82, 2.24) is 9.62 Å². The van der Waals surface area contributed by atoms with E-state index in [0.717, 1.165) is 49.1 Å². The summed E-state index contributed by atoms with van der Waals surface area (Å²) in [4.78, 5) is 28.4. The van der Waals surface area contributed by atoms with Crippen LogP contribution in [0.25, 0.3) is 0 Å². The van der Waals surface area contributed by atoms with Gasteiger partial charge in [0, 0.05) is 18.7 Å². The fraction of sp³-hybridized carbons (Fsp3) is 0.652. The van der Waals surface area contributed by atoms with Crippen molar-refractivity contribution < 1.29 is 27.5 Å². The number of ether oxygens (including phenoxy) is 2. The molecular formula is C23H35N3O6S. The zero-order chi connectivity index (χ0) is 24.2. The number of hydrogen-bond acceptors (Lipinski definition) is 6. The third kappa shape index (κ3) is 5.60. The number of carbonyl (C=O) groups excluding carboxylic acids is 2. The van der Waals surface area contributed by atoms with E-state index in [4.69, 9.17) is 9.47 Å². The van der Waals surface area contributed by atoms with Gasteiger partial charge in [-0.1, -0.05) is 32.1 Å². The minimum absolute atomic E-state index is 0.00190. The van der Waals surface area contributed by atoms with Crippen LogP contribution in [0.2, 0.25) is 0 Å². The first-order chi connectivity index (χ1) is 15.6. The van der Waals surface area contributed by atoms with Crippen LogP contribution >= 0.6 is 0 Å². The Morgan fingerprint density at radius 3 is 2.30 bits per heavy atom. The van der Waals surface area contributed by atoms with Crippen LogP contribution in [-0.4, -0.2) is 69.7 Å². The molecule has 1 aromatic carbocycles. The molecule has 10 heteroatoms. The average Bonchev–Trinajstić information content (AvgIpc) is 2.74. The largest absolute Gasteiger partial charge is 0.497 e. The van der Waals surface area contributed by atoms with Gasteiger partial charge in [-0.15, -0.1) is 0 Å². The minimum Gasteiger partial charge on any atom is -0.497 e. The number of anilines is 1. The molecule has 0 spiro atoms. The van der Waals surface area contributed by atoms with Gasteiger partial charge in [0.25, 0.3) is 0 Å². The third-order valence-corrected chi connectivity index (χ3v) is 7.76. The molecule has 1 atom stereocenters. The Kier molecular flexibility index (Phi) is 7.89. The Bertz CT molecular complexity index is 974. The van der Waals surface area contributed by atoms with Gasteiger partial charge in [-0.3, -0.25) is 14.5 Å². The SMILES string of the molecule is COc1ccc(N2C(=O)CN(S(C)(=O)=O)C[C@@]2(C)C(=O)NC2CCCCCCC2)c(OC)c1. The molecule has 2 fully saturated rings. The van der Waals surface area contributed by atoms with Crippen LogP contribution in [0.15, 0.2) is 18.2 Å². The van der Waals surface area contributed by atoms with E-state index in [0.29, 0.717) is 17.2 Å². The highest BCUT2D eigenvalue weighted by Gasteiger charge is 2.51. The number of sulfonamides is 1. The third-order valence-electron chi connectivity index (χ3n) is 6.57. The van der Waals surface area contributed by atoms with Crippen molar-refractivity contribution in [2.45, 2.75) is 63.5 Å². The molecule has 1 aromatic rings. The van der Waals surface area contributed by atoms with E-state index in [9.17, 15) is 18.0 Å². The van der Waals surface area contributed by atoms with E-state index in [1.807, 2.05) is 0 Å². The Balaban J connectivity index is 2.01. The zero-order valence-corrected chi connectivity index (χ0v) is 20.7. The lowest BCUT2D eigenvalue weighted by atomic mass is 9.92. The fourth-order valence-electron chi connectivity index (χ4n) is 4.69. The number of nitrogens with one attached hydrogen (secondary N) is 1. The fourth-order valence-corrected chi connectivity index (χ4v) is 5.52. The molecule has 1 N–H and O–H groups in total. The summed E-state index contributed by atoms with van der Waals surface area (Å²) < 4.78 is 36.5. The van der Waals surface area contributed by atoms with Gasteiger partial charge >= 0.3 is 0 Å². The first kappa shape index (κ1) is 25.3. The predicted molar refractivity (Wildman–Crippen MR) is 126 cm³/mol. The molecule has 2 aliphatic rings. The molecule has 1 aliphatic heterocycles. The Morgan fingerprint density at radius 2 is 1.73 bits per heavy atom. The number of piperazine rings is 1. The molecule has 1 aliphatic carbocycles. The summed E-state index contributed by atoms with van der Waals surface area (Å²) >= 11 is 0. The number of rotatable bonds is 6. The first-order valence-electron chi connectivity index (χ1n) is 11.4. The molecular weight excluding hydrogens is 446 g/mol. The van der Waals surface area contributed by atoms with Crippen molar-refractivity contribution in [2.75, 3.05) is 38.5 Å². The van der Waals surface area contributed by atoms with Crippen LogP contribution in [-0.2, 0) is 19.6 Å². The van der Waals surface area contributed by atoms with Gasteiger partial charge in [-0.25, -0.2) is 8.42 Å². The van der Waals surface area contributed by atoms with E-state index >= 15 is 0 Å². The lowest BCUT2D eigenvalue weighted by molar-refractivity contribution is -0.133. The van der Waals surface area contributed by atoms with Crippen LogP contribution in [0.1, 0.15) is 51.9 Å². The Labute approximate surface area is 196 Å². The molecule has 0 aromatic heterocycles. The lowest BCUT2D eigenvalue weighted by Crippen LogP contribution is -2.70. The topological polar surface area (TPSA) is 105 Å². The second kappa shape index (κ2) is 10.3. The highest BCUT2D eigenvalue weighted by molar-refractivity contribution is 7.88. The first-order valence-corrected chi connectivity index (χ1v) is 13.3. The standard InChI is InChI=1S/C23H35N3O6S/c1-23(22(28)24-17-10-8-6-5-7-9-11-17)16-25(33(4,29)30)15-21(27)26(23)19-13-12-18(31-2)14-20(19)32-3/h12-14,17H,5-11,15-16H2,1-4H3,(H,24,28)/t23-/m0/s1. The quantitative estimate of drug-likeness (QED) is 0.669. The molecule has 0 unspecified atom stereocenters. The normalized spacial score (nSPS) is 23.5. The van der Waals surface area contributed by atoms with E-state index in [-0.39, 0.29) is 25.0 Å². The van der Waals surface area contributed by atoms with E-state index in [1.165, 1.54) is 25.5 Å². The van der Waals surface area contributed by atoms with Crippen molar-refractivity contribution in [3.05, 3.63) is 18.2 Å². The molecule has 33 heavy (non-hydrogen) atoms. The van der Waals surface area contributed by atoms with Crippen molar-refractivity contribution in [2.24, 2.45) is 0 Å². The van der Waals surface area contributed by atoms with Crippen LogP contribution < -0.4 is 19.7 Å². The summed E-state index contributed by atoms with van der Waals surface area (Å²) in [6.45, 7) is 1.12. The number of hydrogen-bond donors (Lipinski definition) is 1. The summed E-state index contributed by atoms with van der Waals surface area (Å²) in [5.74, 6) is 0.0390. The second-order valence-electron chi connectivity index (χ2n) is 9.09. The van der Waals surface area contributed by atoms with Crippen molar-refractivity contribution in [1.29, 1.82) is 0 Å². The van der Waals surface area contributed by atoms with E-state index < -0.39 is 21.5 Å². The summed E-state index contributed by atoms with van der Waals surface area (Å²) in [6, 6.07) is 4.98. The maximum absolute atomic E-state index is 13.7. The van der Waals surface area contributed by atoms with Gasteiger partial charge in [0.15, 0.2) is 0 Å². The zero-order valence-electron chi connectivity index (χ0n) is 19.9. The molecule has 1 saturated carbocycles. The Hall–Kier alpha value is -2.33. The predicted octanol–water partition coefficient (Wildman–Crippen LogP) is 2.30. The van der Waals surface area contributed by atoms with Crippen LogP contribution in [0, 0.1) is 0 Å². The number of nitrogens with zero attached hydrogens (tertiary/aromatic N) is 2. The van der Waals surface area contributed by atoms with Gasteiger partial charge in [-0.2, -0.15) is 4.31 Å². The van der Waals surface area contributed by atoms with Crippen molar-refractivity contribution in [3.8, 4) is 11.5 Å². The number of benzene rings is 1. The number of methoxy groups -OCH3 is 2. The maximum atomic E-state index is 13.7. The van der Waals surface area contributed by atoms with Gasteiger partial charge in [-0.05, 0) is 31.9 Å². The smallest absolute Gasteiger partial charge is 0.247 e. The molecule has 0 bridgehead atoms. The van der Waals surface area contributed by atoms with Gasteiger partial charge < -0.3 is 14.8 Å². The Morgan fingerprint density at radius 1 is 1.09 bits per heavy atom. The summed E-state index contributed by atoms with van der Waals surface area (Å²) in [5.41, 5.74) is -1.06. The summed E-state index contributed by atoms with van der Waals surface area (Å²) in [5, 5.41) is 3.13. The molecule has 0 radical (unpaired) electrons. The monoisotopic (exact) mass is 481 g/mol. The van der Waals surface area contributed by atoms with Crippen LogP contribution in [0.3, 0.4) is 0 Å². The maximum Gasteiger partial charge on any atom is 0.247 e. The van der Waals surface area contributed by atoms with Gasteiger partial charge in [0.05, 0.1) is 32.7 Å². The number of amides is 2. The van der Waals surface area contributed by atoms with Gasteiger partial charge in [0.1, 0.15) is 17.0 Å². The lowest BCUT2D eigenvalue weighted by Gasteiger charge is -2.47. The van der Waals surface area contributed by atoms with E-state index in [2.05, 4.69) is 5.32 Å². The molecule has 3 rings (SSSR count). The van der Waals surface area contributed by atoms with Crippen molar-refractivity contribution >= 4 is 27.5 Å². The molecule has 184 valence electrons. The summed E-state index contributed by atoms with van der Waals surface area (Å²) in [7, 11) is -0.686. The summed E-state index contributed by atoms with van der Waals surface area (Å²) in [6.07, 6.45) is 8.35.